The van der Waals surface area contributed by atoms with Crippen molar-refractivity contribution in [2.45, 2.75) is 18.5 Å². The minimum absolute atomic E-state index is 0.105. The molecule has 1 unspecified atom stereocenters. The van der Waals surface area contributed by atoms with E-state index in [4.69, 9.17) is 10.5 Å². The molecule has 3 rings (SSSR count). The van der Waals surface area contributed by atoms with Gasteiger partial charge >= 0.3 is 6.18 Å². The Morgan fingerprint density at radius 2 is 1.73 bits per heavy atom. The molecule has 0 aliphatic carbocycles. The molecule has 0 radical (unpaired) electrons. The molecule has 0 aliphatic rings. The maximum atomic E-state index is 12.8. The number of thiazole rings is 1. The highest BCUT2D eigenvalue weighted by molar-refractivity contribution is 7.13. The molecule has 1 atom stereocenters. The third-order valence-corrected chi connectivity index (χ3v) is 4.83. The molecule has 7 heteroatoms. The van der Waals surface area contributed by atoms with Gasteiger partial charge in [-0.1, -0.05) is 24.3 Å². The molecule has 0 saturated heterocycles. The Balaban J connectivity index is 1.90. The standard InChI is InChI=1S/C19H17F3N2OS/c1-25-15-8-4-13(5-9-15)16(17-11-26-18(23)24-17)10-12-2-6-14(7-3-12)19(20,21)22/h2-9,11,16H,10H2,1H3,(H2,23,24). The fraction of sp³-hybridized carbons (Fsp3) is 0.211. The second-order valence-corrected chi connectivity index (χ2v) is 6.72. The van der Waals surface area contributed by atoms with E-state index in [1.165, 1.54) is 23.5 Å². The lowest BCUT2D eigenvalue weighted by molar-refractivity contribution is -0.137. The van der Waals surface area contributed by atoms with Crippen molar-refractivity contribution in [3.8, 4) is 5.75 Å². The van der Waals surface area contributed by atoms with Gasteiger partial charge in [-0.3, -0.25) is 0 Å². The lowest BCUT2D eigenvalue weighted by Crippen LogP contribution is -2.08. The number of methoxy groups -OCH3 is 1. The summed E-state index contributed by atoms with van der Waals surface area (Å²) in [6, 6.07) is 12.8. The number of nitrogen functional groups attached to an aromatic ring is 1. The zero-order valence-corrected chi connectivity index (χ0v) is 14.8. The Hall–Kier alpha value is -2.54. The fourth-order valence-electron chi connectivity index (χ4n) is 2.76. The lowest BCUT2D eigenvalue weighted by Gasteiger charge is -2.17. The first-order chi connectivity index (χ1) is 12.4. The van der Waals surface area contributed by atoms with E-state index >= 15 is 0 Å². The summed E-state index contributed by atoms with van der Waals surface area (Å²) in [6.07, 6.45) is -3.81. The SMILES string of the molecule is COc1ccc(C(Cc2ccc(C(F)(F)F)cc2)c2csc(N)n2)cc1. The number of alkyl halides is 3. The van der Waals surface area contributed by atoms with E-state index in [9.17, 15) is 13.2 Å². The van der Waals surface area contributed by atoms with E-state index in [1.807, 2.05) is 29.6 Å². The summed E-state index contributed by atoms with van der Waals surface area (Å²) in [5.74, 6) is 0.631. The number of anilines is 1. The Morgan fingerprint density at radius 1 is 1.08 bits per heavy atom. The smallest absolute Gasteiger partial charge is 0.416 e. The molecule has 136 valence electrons. The van der Waals surface area contributed by atoms with Crippen molar-refractivity contribution in [3.63, 3.8) is 0 Å². The predicted octanol–water partition coefficient (Wildman–Crippen LogP) is 5.13. The second-order valence-electron chi connectivity index (χ2n) is 5.84. The third-order valence-electron chi connectivity index (χ3n) is 4.14. The maximum absolute atomic E-state index is 12.8. The Morgan fingerprint density at radius 3 is 2.23 bits per heavy atom. The molecule has 0 spiro atoms. The van der Waals surface area contributed by atoms with Crippen LogP contribution in [-0.4, -0.2) is 12.1 Å². The summed E-state index contributed by atoms with van der Waals surface area (Å²) in [4.78, 5) is 4.37. The van der Waals surface area contributed by atoms with E-state index in [2.05, 4.69) is 4.98 Å². The first-order valence-electron chi connectivity index (χ1n) is 7.88. The molecule has 2 aromatic carbocycles. The molecular weight excluding hydrogens is 361 g/mol. The van der Waals surface area contributed by atoms with Gasteiger partial charge in [-0.25, -0.2) is 4.98 Å². The third kappa shape index (κ3) is 4.16. The van der Waals surface area contributed by atoms with Crippen LogP contribution in [0.4, 0.5) is 18.3 Å². The van der Waals surface area contributed by atoms with Crippen molar-refractivity contribution < 1.29 is 17.9 Å². The number of hydrogen-bond donors (Lipinski definition) is 1. The predicted molar refractivity (Wildman–Crippen MR) is 96.5 cm³/mol. The van der Waals surface area contributed by atoms with E-state index in [0.29, 0.717) is 11.6 Å². The van der Waals surface area contributed by atoms with Gasteiger partial charge in [0.15, 0.2) is 5.13 Å². The molecule has 0 fully saturated rings. The van der Waals surface area contributed by atoms with Gasteiger partial charge in [0.25, 0.3) is 0 Å². The number of halogens is 3. The van der Waals surface area contributed by atoms with Crippen LogP contribution in [0.2, 0.25) is 0 Å². The van der Waals surface area contributed by atoms with Gasteiger partial charge in [0, 0.05) is 11.3 Å². The quantitative estimate of drug-likeness (QED) is 0.670. The molecular formula is C19H17F3N2OS. The van der Waals surface area contributed by atoms with Crippen LogP contribution in [-0.2, 0) is 12.6 Å². The number of nitrogens with two attached hydrogens (primary N) is 1. The molecule has 0 aliphatic heterocycles. The summed E-state index contributed by atoms with van der Waals surface area (Å²) in [7, 11) is 1.59. The number of hydrogen-bond acceptors (Lipinski definition) is 4. The molecule has 26 heavy (non-hydrogen) atoms. The van der Waals surface area contributed by atoms with Crippen LogP contribution >= 0.6 is 11.3 Å². The number of benzene rings is 2. The van der Waals surface area contributed by atoms with Crippen molar-refractivity contribution in [1.82, 2.24) is 4.98 Å². The van der Waals surface area contributed by atoms with Crippen LogP contribution in [0.25, 0.3) is 0 Å². The van der Waals surface area contributed by atoms with Crippen LogP contribution in [0.15, 0.2) is 53.9 Å². The van der Waals surface area contributed by atoms with Crippen molar-refractivity contribution in [2.75, 3.05) is 12.8 Å². The van der Waals surface area contributed by atoms with E-state index in [-0.39, 0.29) is 5.92 Å². The van der Waals surface area contributed by atoms with Crippen LogP contribution in [0.5, 0.6) is 5.75 Å². The molecule has 0 saturated carbocycles. The highest BCUT2D eigenvalue weighted by Gasteiger charge is 2.30. The van der Waals surface area contributed by atoms with Crippen molar-refractivity contribution >= 4 is 16.5 Å². The van der Waals surface area contributed by atoms with Gasteiger partial charge in [0.1, 0.15) is 5.75 Å². The number of nitrogens with zero attached hydrogens (tertiary/aromatic N) is 1. The first kappa shape index (κ1) is 18.3. The van der Waals surface area contributed by atoms with Crippen LogP contribution in [0.3, 0.4) is 0 Å². The van der Waals surface area contributed by atoms with Gasteiger partial charge in [-0.15, -0.1) is 11.3 Å². The average molecular weight is 378 g/mol. The first-order valence-corrected chi connectivity index (χ1v) is 8.76. The largest absolute Gasteiger partial charge is 0.497 e. The fourth-order valence-corrected chi connectivity index (χ4v) is 3.37. The molecule has 2 N–H and O–H groups in total. The zero-order chi connectivity index (χ0) is 18.7. The zero-order valence-electron chi connectivity index (χ0n) is 14.0. The summed E-state index contributed by atoms with van der Waals surface area (Å²) in [5.41, 5.74) is 7.71. The van der Waals surface area contributed by atoms with Gasteiger partial charge in [0.2, 0.25) is 0 Å². The monoisotopic (exact) mass is 378 g/mol. The highest BCUT2D eigenvalue weighted by atomic mass is 32.1. The van der Waals surface area contributed by atoms with Crippen molar-refractivity contribution in [2.24, 2.45) is 0 Å². The summed E-state index contributed by atoms with van der Waals surface area (Å²) in [5, 5.41) is 2.35. The van der Waals surface area contributed by atoms with E-state index in [1.54, 1.807) is 7.11 Å². The molecule has 0 amide bonds. The Labute approximate surface area is 153 Å². The summed E-state index contributed by atoms with van der Waals surface area (Å²) >= 11 is 1.34. The van der Waals surface area contributed by atoms with E-state index in [0.717, 1.165) is 34.7 Å². The summed E-state index contributed by atoms with van der Waals surface area (Å²) in [6.45, 7) is 0. The molecule has 0 bridgehead atoms. The Kier molecular flexibility index (Phi) is 5.18. The van der Waals surface area contributed by atoms with Gasteiger partial charge in [0.05, 0.1) is 18.4 Å². The average Bonchev–Trinajstić information content (AvgIpc) is 3.05. The number of aromatic nitrogens is 1. The minimum Gasteiger partial charge on any atom is -0.497 e. The summed E-state index contributed by atoms with van der Waals surface area (Å²) < 4.78 is 43.4. The van der Waals surface area contributed by atoms with Gasteiger partial charge in [-0.2, -0.15) is 13.2 Å². The molecule has 3 nitrogen and oxygen atoms in total. The molecule has 3 aromatic rings. The molecule has 1 heterocycles. The van der Waals surface area contributed by atoms with Gasteiger partial charge in [-0.05, 0) is 41.8 Å². The van der Waals surface area contributed by atoms with E-state index < -0.39 is 11.7 Å². The Bertz CT molecular complexity index is 858. The van der Waals surface area contributed by atoms with Crippen molar-refractivity contribution in [1.29, 1.82) is 0 Å². The molecule has 1 aromatic heterocycles. The van der Waals surface area contributed by atoms with Crippen molar-refractivity contribution in [3.05, 3.63) is 76.3 Å². The maximum Gasteiger partial charge on any atom is 0.416 e. The second kappa shape index (κ2) is 7.37. The van der Waals surface area contributed by atoms with Crippen LogP contribution in [0.1, 0.15) is 28.3 Å². The number of rotatable bonds is 5. The normalized spacial score (nSPS) is 12.8. The lowest BCUT2D eigenvalue weighted by atomic mass is 9.89. The topological polar surface area (TPSA) is 48.1 Å². The van der Waals surface area contributed by atoms with Gasteiger partial charge < -0.3 is 10.5 Å². The number of ether oxygens (including phenoxy) is 1. The van der Waals surface area contributed by atoms with Crippen LogP contribution in [0, 0.1) is 0 Å². The highest BCUT2D eigenvalue weighted by Crippen LogP contribution is 2.33. The minimum atomic E-state index is -4.34. The van der Waals surface area contributed by atoms with Crippen LogP contribution < -0.4 is 10.5 Å².